The van der Waals surface area contributed by atoms with E-state index in [4.69, 9.17) is 4.74 Å². The summed E-state index contributed by atoms with van der Waals surface area (Å²) in [7, 11) is 0. The van der Waals surface area contributed by atoms with Crippen molar-refractivity contribution >= 4 is 17.4 Å². The van der Waals surface area contributed by atoms with Crippen LogP contribution in [-0.2, 0) is 4.79 Å². The van der Waals surface area contributed by atoms with Gasteiger partial charge in [0.1, 0.15) is 5.75 Å². The molecule has 0 N–H and O–H groups in total. The summed E-state index contributed by atoms with van der Waals surface area (Å²) in [6.07, 6.45) is 0.667. The largest absolute Gasteiger partial charge is 0.494 e. The molecule has 2 aromatic carbocycles. The van der Waals surface area contributed by atoms with Gasteiger partial charge in [-0.1, -0.05) is 24.3 Å². The van der Waals surface area contributed by atoms with Crippen molar-refractivity contribution in [2.45, 2.75) is 20.3 Å². The Labute approximate surface area is 135 Å². The van der Waals surface area contributed by atoms with E-state index < -0.39 is 11.7 Å². The van der Waals surface area contributed by atoms with Gasteiger partial charge in [0.05, 0.1) is 17.9 Å². The van der Waals surface area contributed by atoms with Gasteiger partial charge >= 0.3 is 0 Å². The first-order valence-corrected chi connectivity index (χ1v) is 7.73. The molecule has 118 valence electrons. The second kappa shape index (κ2) is 6.24. The Bertz CT molecular complexity index is 767. The number of carbonyl (C=O) groups excluding carboxylic acids is 2. The van der Waals surface area contributed by atoms with Gasteiger partial charge in [-0.2, -0.15) is 0 Å². The van der Waals surface area contributed by atoms with Crippen molar-refractivity contribution in [2.75, 3.05) is 18.1 Å². The number of nitrogens with zero attached hydrogens (tertiary/aromatic N) is 1. The molecule has 0 saturated heterocycles. The fraction of sp³-hybridized carbons (Fsp3) is 0.263. The molecule has 0 spiro atoms. The molecule has 0 bridgehead atoms. The number of hydrogen-bond acceptors (Lipinski definition) is 3. The van der Waals surface area contributed by atoms with Crippen LogP contribution >= 0.6 is 0 Å². The molecule has 4 heteroatoms. The Hall–Kier alpha value is -2.62. The number of aryl methyl sites for hydroxylation is 2. The van der Waals surface area contributed by atoms with Crippen LogP contribution in [0, 0.1) is 13.8 Å². The summed E-state index contributed by atoms with van der Waals surface area (Å²) in [6.45, 7) is 4.92. The van der Waals surface area contributed by atoms with Gasteiger partial charge in [0.25, 0.3) is 11.7 Å². The van der Waals surface area contributed by atoms with Crippen LogP contribution in [0.1, 0.15) is 27.9 Å². The third-order valence-corrected chi connectivity index (χ3v) is 3.98. The Kier molecular flexibility index (Phi) is 4.15. The van der Waals surface area contributed by atoms with E-state index in [1.54, 1.807) is 11.0 Å². The molecule has 1 aliphatic rings. The molecule has 2 aromatic rings. The van der Waals surface area contributed by atoms with Gasteiger partial charge < -0.3 is 9.64 Å². The molecular formula is C19H19NO3. The fourth-order valence-electron chi connectivity index (χ4n) is 2.87. The van der Waals surface area contributed by atoms with E-state index in [1.165, 1.54) is 0 Å². The average molecular weight is 309 g/mol. The van der Waals surface area contributed by atoms with Crippen molar-refractivity contribution in [1.29, 1.82) is 0 Å². The molecule has 0 radical (unpaired) electrons. The number of hydrogen-bond donors (Lipinski definition) is 0. The lowest BCUT2D eigenvalue weighted by Gasteiger charge is -2.18. The minimum atomic E-state index is -0.440. The molecule has 0 atom stereocenters. The van der Waals surface area contributed by atoms with Crippen LogP contribution in [-0.4, -0.2) is 24.8 Å². The number of ketones is 1. The van der Waals surface area contributed by atoms with Gasteiger partial charge in [0.15, 0.2) is 0 Å². The highest BCUT2D eigenvalue weighted by Crippen LogP contribution is 2.32. The van der Waals surface area contributed by atoms with E-state index in [0.29, 0.717) is 25.1 Å². The lowest BCUT2D eigenvalue weighted by Crippen LogP contribution is -2.31. The number of carbonyl (C=O) groups is 2. The second-order valence-corrected chi connectivity index (χ2v) is 5.78. The number of para-hydroxylation sites is 1. The summed E-state index contributed by atoms with van der Waals surface area (Å²) in [5.74, 6) is -0.0291. The summed E-state index contributed by atoms with van der Waals surface area (Å²) in [4.78, 5) is 25.8. The Balaban J connectivity index is 1.63. The fourth-order valence-corrected chi connectivity index (χ4v) is 2.87. The van der Waals surface area contributed by atoms with Gasteiger partial charge in [-0.25, -0.2) is 0 Å². The van der Waals surface area contributed by atoms with Crippen LogP contribution in [0.5, 0.6) is 5.75 Å². The van der Waals surface area contributed by atoms with Crippen LogP contribution in [0.2, 0.25) is 0 Å². The van der Waals surface area contributed by atoms with E-state index in [0.717, 1.165) is 22.6 Å². The molecule has 0 fully saturated rings. The zero-order chi connectivity index (χ0) is 16.4. The normalized spacial score (nSPS) is 13.4. The minimum absolute atomic E-state index is 0.414. The molecule has 0 aromatic heterocycles. The zero-order valence-electron chi connectivity index (χ0n) is 13.3. The van der Waals surface area contributed by atoms with Crippen molar-refractivity contribution in [2.24, 2.45) is 0 Å². The van der Waals surface area contributed by atoms with Crippen molar-refractivity contribution in [3.8, 4) is 5.75 Å². The Morgan fingerprint density at radius 3 is 2.61 bits per heavy atom. The van der Waals surface area contributed by atoms with Crippen molar-refractivity contribution < 1.29 is 14.3 Å². The number of anilines is 1. The first kappa shape index (κ1) is 15.3. The van der Waals surface area contributed by atoms with E-state index in [-0.39, 0.29) is 0 Å². The standard InChI is InChI=1S/C19H19NO3/c1-13-6-3-8-15(12-13)23-11-5-10-20-17-14(2)7-4-9-16(17)18(21)19(20)22/h3-4,6-9,12H,5,10-11H2,1-2H3. The smallest absolute Gasteiger partial charge is 0.299 e. The molecule has 4 nitrogen and oxygen atoms in total. The van der Waals surface area contributed by atoms with Crippen molar-refractivity contribution in [1.82, 2.24) is 0 Å². The number of fused-ring (bicyclic) bond motifs is 1. The monoisotopic (exact) mass is 309 g/mol. The minimum Gasteiger partial charge on any atom is -0.494 e. The van der Waals surface area contributed by atoms with Gasteiger partial charge in [-0.3, -0.25) is 9.59 Å². The van der Waals surface area contributed by atoms with Crippen molar-refractivity contribution in [3.05, 3.63) is 59.2 Å². The maximum absolute atomic E-state index is 12.2. The molecule has 1 amide bonds. The van der Waals surface area contributed by atoms with Crippen LogP contribution < -0.4 is 9.64 Å². The zero-order valence-corrected chi connectivity index (χ0v) is 13.3. The first-order valence-electron chi connectivity index (χ1n) is 7.73. The molecule has 0 unspecified atom stereocenters. The molecular weight excluding hydrogens is 290 g/mol. The van der Waals surface area contributed by atoms with Crippen LogP contribution in [0.4, 0.5) is 5.69 Å². The molecule has 23 heavy (non-hydrogen) atoms. The number of benzene rings is 2. The lowest BCUT2D eigenvalue weighted by atomic mass is 10.1. The van der Waals surface area contributed by atoms with E-state index in [2.05, 4.69) is 0 Å². The molecule has 0 saturated carbocycles. The molecule has 1 aliphatic heterocycles. The van der Waals surface area contributed by atoms with E-state index in [1.807, 2.05) is 50.2 Å². The summed E-state index contributed by atoms with van der Waals surface area (Å²) >= 11 is 0. The third kappa shape index (κ3) is 2.97. The molecule has 0 aliphatic carbocycles. The number of rotatable bonds is 5. The third-order valence-electron chi connectivity index (χ3n) is 3.98. The van der Waals surface area contributed by atoms with Crippen LogP contribution in [0.15, 0.2) is 42.5 Å². The van der Waals surface area contributed by atoms with E-state index >= 15 is 0 Å². The number of amides is 1. The average Bonchev–Trinajstić information content (AvgIpc) is 2.78. The first-order chi connectivity index (χ1) is 11.1. The van der Waals surface area contributed by atoms with Crippen LogP contribution in [0.3, 0.4) is 0 Å². The summed E-state index contributed by atoms with van der Waals surface area (Å²) in [6, 6.07) is 13.3. The Morgan fingerprint density at radius 1 is 1.04 bits per heavy atom. The highest BCUT2D eigenvalue weighted by atomic mass is 16.5. The highest BCUT2D eigenvalue weighted by Gasteiger charge is 2.36. The predicted octanol–water partition coefficient (Wildman–Crippen LogP) is 3.30. The van der Waals surface area contributed by atoms with Gasteiger partial charge in [0.2, 0.25) is 0 Å². The molecule has 3 rings (SSSR count). The molecule has 1 heterocycles. The van der Waals surface area contributed by atoms with Crippen molar-refractivity contribution in [3.63, 3.8) is 0 Å². The highest BCUT2D eigenvalue weighted by molar-refractivity contribution is 6.52. The van der Waals surface area contributed by atoms with Gasteiger partial charge in [-0.05, 0) is 49.6 Å². The topological polar surface area (TPSA) is 46.6 Å². The summed E-state index contributed by atoms with van der Waals surface area (Å²) < 4.78 is 5.70. The number of ether oxygens (including phenoxy) is 1. The second-order valence-electron chi connectivity index (χ2n) is 5.78. The van der Waals surface area contributed by atoms with E-state index in [9.17, 15) is 9.59 Å². The lowest BCUT2D eigenvalue weighted by molar-refractivity contribution is -0.114. The quantitative estimate of drug-likeness (QED) is 0.629. The maximum Gasteiger partial charge on any atom is 0.299 e. The number of Topliss-reactive ketones (excluding diaryl/α,β-unsaturated/α-hetero) is 1. The summed E-state index contributed by atoms with van der Waals surface area (Å²) in [5.41, 5.74) is 3.35. The van der Waals surface area contributed by atoms with Gasteiger partial charge in [0, 0.05) is 6.54 Å². The maximum atomic E-state index is 12.2. The summed E-state index contributed by atoms with van der Waals surface area (Å²) in [5, 5.41) is 0. The SMILES string of the molecule is Cc1cccc(OCCCN2C(=O)C(=O)c3cccc(C)c32)c1. The Morgan fingerprint density at radius 2 is 1.83 bits per heavy atom. The van der Waals surface area contributed by atoms with Crippen LogP contribution in [0.25, 0.3) is 0 Å². The predicted molar refractivity (Wildman–Crippen MR) is 89.2 cm³/mol. The van der Waals surface area contributed by atoms with Gasteiger partial charge in [-0.15, -0.1) is 0 Å².